The van der Waals surface area contributed by atoms with Crippen molar-refractivity contribution in [2.45, 2.75) is 10.9 Å². The molecule has 2 aromatic heterocycles. The minimum Gasteiger partial charge on any atom is -0.273 e. The van der Waals surface area contributed by atoms with Gasteiger partial charge in [-0.2, -0.15) is 0 Å². The maximum atomic E-state index is 11.1. The number of thioether (sulfide) groups is 1. The van der Waals surface area contributed by atoms with Crippen molar-refractivity contribution in [3.05, 3.63) is 39.5 Å². The molecule has 7 heteroatoms. The van der Waals surface area contributed by atoms with Crippen LogP contribution in [0.3, 0.4) is 0 Å². The second-order valence-corrected chi connectivity index (χ2v) is 4.50. The summed E-state index contributed by atoms with van der Waals surface area (Å²) in [5.41, 5.74) is 0.634. The molecule has 2 rings (SSSR count). The average molecular weight is 257 g/mol. The van der Waals surface area contributed by atoms with Crippen LogP contribution >= 0.6 is 23.4 Å². The second kappa shape index (κ2) is 4.71. The quantitative estimate of drug-likeness (QED) is 0.845. The minimum atomic E-state index is -0.221. The number of hydrogen-bond acceptors (Lipinski definition) is 4. The average Bonchev–Trinajstić information content (AvgIpc) is 2.57. The first-order valence-electron chi connectivity index (χ1n) is 4.51. The smallest absolute Gasteiger partial charge is 0.273 e. The summed E-state index contributed by atoms with van der Waals surface area (Å²) in [5.74, 6) is 0.624. The van der Waals surface area contributed by atoms with Gasteiger partial charge in [0.15, 0.2) is 5.16 Å². The third kappa shape index (κ3) is 2.45. The Balaban J connectivity index is 2.08. The summed E-state index contributed by atoms with van der Waals surface area (Å²) in [6.45, 7) is 0. The van der Waals surface area contributed by atoms with Gasteiger partial charge in [-0.1, -0.05) is 23.4 Å². The summed E-state index contributed by atoms with van der Waals surface area (Å²) < 4.78 is 1.45. The lowest BCUT2D eigenvalue weighted by atomic mass is 10.4. The second-order valence-electron chi connectivity index (χ2n) is 3.12. The number of rotatable bonds is 3. The van der Waals surface area contributed by atoms with Crippen LogP contribution in [0.5, 0.6) is 0 Å². The van der Waals surface area contributed by atoms with Crippen LogP contribution in [0.15, 0.2) is 28.3 Å². The fourth-order valence-corrected chi connectivity index (χ4v) is 2.13. The van der Waals surface area contributed by atoms with Crippen LogP contribution in [-0.2, 0) is 12.8 Å². The first kappa shape index (κ1) is 11.2. The first-order valence-corrected chi connectivity index (χ1v) is 5.88. The van der Waals surface area contributed by atoms with Crippen LogP contribution < -0.4 is 5.69 Å². The fourth-order valence-electron chi connectivity index (χ4n) is 1.13. The van der Waals surface area contributed by atoms with E-state index in [-0.39, 0.29) is 5.69 Å². The van der Waals surface area contributed by atoms with E-state index < -0.39 is 0 Å². The minimum absolute atomic E-state index is 0.221. The van der Waals surface area contributed by atoms with Gasteiger partial charge in [0.1, 0.15) is 0 Å². The highest BCUT2D eigenvalue weighted by molar-refractivity contribution is 7.98. The van der Waals surface area contributed by atoms with Crippen molar-refractivity contribution in [3.63, 3.8) is 0 Å². The molecule has 0 aromatic carbocycles. The van der Waals surface area contributed by atoms with E-state index in [0.29, 0.717) is 15.9 Å². The van der Waals surface area contributed by atoms with Gasteiger partial charge < -0.3 is 0 Å². The molecule has 2 aromatic rings. The largest absolute Gasteiger partial charge is 0.343 e. The summed E-state index contributed by atoms with van der Waals surface area (Å²) in [5, 5.41) is 7.54. The van der Waals surface area contributed by atoms with E-state index in [1.54, 1.807) is 25.4 Å². The van der Waals surface area contributed by atoms with Gasteiger partial charge in [0, 0.05) is 24.0 Å². The predicted octanol–water partition coefficient (Wildman–Crippen LogP) is 1.45. The number of aromatic nitrogens is 4. The summed E-state index contributed by atoms with van der Waals surface area (Å²) in [7, 11) is 1.67. The van der Waals surface area contributed by atoms with Crippen LogP contribution in [0.25, 0.3) is 0 Å². The highest BCUT2D eigenvalue weighted by atomic mass is 35.5. The van der Waals surface area contributed by atoms with Gasteiger partial charge in [0.2, 0.25) is 0 Å². The Hall–Kier alpha value is -1.27. The van der Waals surface area contributed by atoms with Gasteiger partial charge in [-0.15, -0.1) is 5.10 Å². The number of pyridine rings is 1. The zero-order valence-electron chi connectivity index (χ0n) is 8.48. The molecule has 0 atom stereocenters. The Kier molecular flexibility index (Phi) is 3.31. The molecular formula is C9H9ClN4OS. The van der Waals surface area contributed by atoms with Crippen molar-refractivity contribution in [3.8, 4) is 0 Å². The number of nitrogens with zero attached hydrogens (tertiary/aromatic N) is 3. The summed E-state index contributed by atoms with van der Waals surface area (Å²) in [4.78, 5) is 15.3. The van der Waals surface area contributed by atoms with Crippen molar-refractivity contribution in [1.29, 1.82) is 0 Å². The van der Waals surface area contributed by atoms with Gasteiger partial charge in [0.25, 0.3) is 0 Å². The Bertz CT molecular complexity index is 550. The molecule has 0 amide bonds. The highest BCUT2D eigenvalue weighted by Crippen LogP contribution is 2.19. The van der Waals surface area contributed by atoms with Gasteiger partial charge in [0.05, 0.1) is 5.69 Å². The maximum Gasteiger partial charge on any atom is 0.343 e. The molecule has 0 bridgehead atoms. The molecule has 0 spiro atoms. The molecule has 1 N–H and O–H groups in total. The summed E-state index contributed by atoms with van der Waals surface area (Å²) in [6.07, 6.45) is 1.65. The Labute approximate surface area is 101 Å². The number of hydrogen-bond donors (Lipinski definition) is 1. The van der Waals surface area contributed by atoms with Crippen molar-refractivity contribution in [1.82, 2.24) is 19.7 Å². The molecular weight excluding hydrogens is 248 g/mol. The standard InChI is InChI=1S/C9H9ClN4OS/c1-14-8(15)12-13-9(14)16-5-7-4-6(10)2-3-11-7/h2-4H,5H2,1H3,(H,12,15). The third-order valence-corrected chi connectivity index (χ3v) is 3.27. The lowest BCUT2D eigenvalue weighted by Gasteiger charge is -2.00. The van der Waals surface area contributed by atoms with Gasteiger partial charge in [-0.05, 0) is 12.1 Å². The zero-order chi connectivity index (χ0) is 11.5. The van der Waals surface area contributed by atoms with E-state index in [1.165, 1.54) is 16.3 Å². The van der Waals surface area contributed by atoms with Crippen LogP contribution in [0.1, 0.15) is 5.69 Å². The SMILES string of the molecule is Cn1c(SCc2cc(Cl)ccn2)n[nH]c1=O. The Morgan fingerprint density at radius 1 is 1.62 bits per heavy atom. The van der Waals surface area contributed by atoms with Crippen LogP contribution in [-0.4, -0.2) is 19.7 Å². The topological polar surface area (TPSA) is 63.6 Å². The predicted molar refractivity (Wildman–Crippen MR) is 62.6 cm³/mol. The highest BCUT2D eigenvalue weighted by Gasteiger charge is 2.05. The third-order valence-electron chi connectivity index (χ3n) is 1.97. The molecule has 0 aliphatic carbocycles. The van der Waals surface area contributed by atoms with E-state index in [0.717, 1.165) is 5.69 Å². The summed E-state index contributed by atoms with van der Waals surface area (Å²) >= 11 is 7.26. The zero-order valence-corrected chi connectivity index (χ0v) is 10.0. The lowest BCUT2D eigenvalue weighted by Crippen LogP contribution is -2.12. The molecule has 2 heterocycles. The first-order chi connectivity index (χ1) is 7.66. The van der Waals surface area contributed by atoms with Gasteiger partial charge in [-0.3, -0.25) is 9.55 Å². The molecule has 0 unspecified atom stereocenters. The van der Waals surface area contributed by atoms with E-state index >= 15 is 0 Å². The fraction of sp³-hybridized carbons (Fsp3) is 0.222. The van der Waals surface area contributed by atoms with Crippen LogP contribution in [0, 0.1) is 0 Å². The lowest BCUT2D eigenvalue weighted by molar-refractivity contribution is 0.765. The Morgan fingerprint density at radius 3 is 3.06 bits per heavy atom. The molecule has 16 heavy (non-hydrogen) atoms. The van der Waals surface area contributed by atoms with Gasteiger partial charge >= 0.3 is 5.69 Å². The van der Waals surface area contributed by atoms with E-state index in [1.807, 2.05) is 0 Å². The number of halogens is 1. The normalized spacial score (nSPS) is 10.6. The molecule has 0 fully saturated rings. The molecule has 0 aliphatic heterocycles. The van der Waals surface area contributed by atoms with Crippen molar-refractivity contribution >= 4 is 23.4 Å². The van der Waals surface area contributed by atoms with Crippen molar-refractivity contribution in [2.75, 3.05) is 0 Å². The number of H-pyrrole nitrogens is 1. The molecule has 0 saturated heterocycles. The van der Waals surface area contributed by atoms with Gasteiger partial charge in [-0.25, -0.2) is 9.89 Å². The van der Waals surface area contributed by atoms with E-state index in [9.17, 15) is 4.79 Å². The number of nitrogens with one attached hydrogen (secondary N) is 1. The van der Waals surface area contributed by atoms with E-state index in [2.05, 4.69) is 15.2 Å². The summed E-state index contributed by atoms with van der Waals surface area (Å²) in [6, 6.07) is 3.51. The van der Waals surface area contributed by atoms with Crippen molar-refractivity contribution in [2.24, 2.45) is 7.05 Å². The Morgan fingerprint density at radius 2 is 2.44 bits per heavy atom. The van der Waals surface area contributed by atoms with Crippen LogP contribution in [0.2, 0.25) is 5.02 Å². The molecule has 0 aliphatic rings. The van der Waals surface area contributed by atoms with Crippen LogP contribution in [0.4, 0.5) is 0 Å². The molecule has 0 radical (unpaired) electrons. The molecule has 84 valence electrons. The monoisotopic (exact) mass is 256 g/mol. The molecule has 0 saturated carbocycles. The molecule has 5 nitrogen and oxygen atoms in total. The number of aromatic amines is 1. The van der Waals surface area contributed by atoms with Crippen molar-refractivity contribution < 1.29 is 0 Å². The van der Waals surface area contributed by atoms with E-state index in [4.69, 9.17) is 11.6 Å². The maximum absolute atomic E-state index is 11.1.